The van der Waals surface area contributed by atoms with Gasteiger partial charge in [0, 0.05) is 12.6 Å². The predicted molar refractivity (Wildman–Crippen MR) is 105 cm³/mol. The largest absolute Gasteiger partial charge is 0.360 e. The van der Waals surface area contributed by atoms with E-state index in [0.29, 0.717) is 24.7 Å². The molecule has 2 bridgehead atoms. The summed E-state index contributed by atoms with van der Waals surface area (Å²) in [6.45, 7) is 2.71. The van der Waals surface area contributed by atoms with Crippen molar-refractivity contribution in [2.75, 3.05) is 18.0 Å². The zero-order valence-corrected chi connectivity index (χ0v) is 16.2. The normalized spacial score (nSPS) is 29.5. The summed E-state index contributed by atoms with van der Waals surface area (Å²) < 4.78 is 11.2. The van der Waals surface area contributed by atoms with Crippen LogP contribution in [-0.4, -0.2) is 41.8 Å². The second-order valence-corrected chi connectivity index (χ2v) is 8.00. The molecule has 7 heteroatoms. The Morgan fingerprint density at radius 2 is 2.17 bits per heavy atom. The minimum absolute atomic E-state index is 0.120. The number of carbonyl (C=O) groups is 2. The van der Waals surface area contributed by atoms with E-state index in [-0.39, 0.29) is 17.9 Å². The molecule has 3 aliphatic heterocycles. The number of ether oxygens (including phenoxy) is 1. The number of nitrogens with zero attached hydrogens (tertiary/aromatic N) is 2. The van der Waals surface area contributed by atoms with Crippen LogP contribution in [0.15, 0.2) is 53.1 Å². The summed E-state index contributed by atoms with van der Waals surface area (Å²) in [5.74, 6) is -0.180. The van der Waals surface area contributed by atoms with Gasteiger partial charge < -0.3 is 14.6 Å². The molecular weight excluding hydrogens is 370 g/mol. The number of carbonyl (C=O) groups excluding carboxylic acids is 2. The molecule has 29 heavy (non-hydrogen) atoms. The van der Waals surface area contributed by atoms with Crippen LogP contribution in [0.1, 0.15) is 17.7 Å². The highest BCUT2D eigenvalue weighted by Gasteiger charge is 2.67. The number of nitrogens with one attached hydrogen (secondary N) is 1. The molecule has 0 radical (unpaired) electrons. The molecule has 1 aromatic carbocycles. The number of anilines is 1. The molecule has 1 spiro atoms. The first-order chi connectivity index (χ1) is 14.1. The van der Waals surface area contributed by atoms with E-state index in [2.05, 4.69) is 22.6 Å². The number of amides is 2. The Morgan fingerprint density at radius 1 is 1.34 bits per heavy atom. The Morgan fingerprint density at radius 3 is 2.93 bits per heavy atom. The highest BCUT2D eigenvalue weighted by atomic mass is 16.5. The average Bonchev–Trinajstić information content (AvgIpc) is 3.47. The molecule has 4 heterocycles. The van der Waals surface area contributed by atoms with Crippen molar-refractivity contribution < 1.29 is 18.8 Å². The van der Waals surface area contributed by atoms with Crippen LogP contribution in [0.4, 0.5) is 5.82 Å². The molecular formula is C22H23N3O4. The van der Waals surface area contributed by atoms with Crippen molar-refractivity contribution in [1.29, 1.82) is 0 Å². The Labute approximate surface area is 168 Å². The fraction of sp³-hybridized carbons (Fsp3) is 0.409. The molecule has 2 amide bonds. The number of rotatable bonds is 6. The van der Waals surface area contributed by atoms with Crippen molar-refractivity contribution in [3.63, 3.8) is 0 Å². The van der Waals surface area contributed by atoms with E-state index >= 15 is 0 Å². The van der Waals surface area contributed by atoms with Crippen LogP contribution in [0.2, 0.25) is 0 Å². The van der Waals surface area contributed by atoms with Crippen LogP contribution in [0.25, 0.3) is 0 Å². The summed E-state index contributed by atoms with van der Waals surface area (Å²) in [5.41, 5.74) is 0.497. The molecule has 1 N–H and O–H groups in total. The number of aromatic nitrogens is 1. The molecule has 5 rings (SSSR count). The first-order valence-electron chi connectivity index (χ1n) is 10.0. The Balaban J connectivity index is 1.26. The fourth-order valence-corrected chi connectivity index (χ4v) is 4.74. The molecule has 0 saturated carbocycles. The van der Waals surface area contributed by atoms with Crippen molar-refractivity contribution in [1.82, 2.24) is 10.5 Å². The van der Waals surface area contributed by atoms with Crippen molar-refractivity contribution in [3.8, 4) is 0 Å². The van der Waals surface area contributed by atoms with Crippen LogP contribution >= 0.6 is 0 Å². The van der Waals surface area contributed by atoms with Gasteiger partial charge in [-0.05, 0) is 25.3 Å². The average molecular weight is 393 g/mol. The number of hydrogen-bond acceptors (Lipinski definition) is 5. The summed E-state index contributed by atoms with van der Waals surface area (Å²) in [5, 5.41) is 6.97. The Hall–Kier alpha value is -2.93. The highest BCUT2D eigenvalue weighted by Crippen LogP contribution is 2.52. The highest BCUT2D eigenvalue weighted by molar-refractivity contribution is 6.02. The van der Waals surface area contributed by atoms with Crippen LogP contribution in [0.5, 0.6) is 0 Å². The van der Waals surface area contributed by atoms with Gasteiger partial charge in [0.25, 0.3) is 0 Å². The standard InChI is InChI=1S/C22H23N3O4/c1-14-12-17(24-29-14)25-13-22-10-9-16(28-22)18(19(22)21(25)27)20(26)23-11-5-8-15-6-3-2-4-7-15/h2-4,6-7,9-10,12,16,18-19H,5,8,11,13H2,1H3,(H,23,26)/t16-,18+,19-,22-/m0/s1. The lowest BCUT2D eigenvalue weighted by molar-refractivity contribution is -0.131. The van der Waals surface area contributed by atoms with E-state index in [4.69, 9.17) is 9.26 Å². The summed E-state index contributed by atoms with van der Waals surface area (Å²) in [6, 6.07) is 11.9. The van der Waals surface area contributed by atoms with Gasteiger partial charge in [0.1, 0.15) is 11.4 Å². The Bertz CT molecular complexity index is 969. The predicted octanol–water partition coefficient (Wildman–Crippen LogP) is 2.02. The number of aryl methyl sites for hydroxylation is 2. The second-order valence-electron chi connectivity index (χ2n) is 8.00. The first-order valence-corrected chi connectivity index (χ1v) is 10.0. The Kier molecular flexibility index (Phi) is 4.28. The van der Waals surface area contributed by atoms with Crippen LogP contribution in [0, 0.1) is 18.8 Å². The lowest BCUT2D eigenvalue weighted by atomic mass is 9.77. The summed E-state index contributed by atoms with van der Waals surface area (Å²) in [7, 11) is 0. The first kappa shape index (κ1) is 18.1. The maximum atomic E-state index is 13.2. The quantitative estimate of drug-likeness (QED) is 0.600. The maximum Gasteiger partial charge on any atom is 0.235 e. The maximum absolute atomic E-state index is 13.2. The molecule has 0 aliphatic carbocycles. The summed E-state index contributed by atoms with van der Waals surface area (Å²) >= 11 is 0. The third kappa shape index (κ3) is 2.97. The fourth-order valence-electron chi connectivity index (χ4n) is 4.74. The molecule has 4 atom stereocenters. The molecule has 2 fully saturated rings. The molecule has 2 saturated heterocycles. The molecule has 7 nitrogen and oxygen atoms in total. The van der Waals surface area contributed by atoms with Gasteiger partial charge in [-0.3, -0.25) is 14.5 Å². The van der Waals surface area contributed by atoms with Gasteiger partial charge in [-0.15, -0.1) is 0 Å². The van der Waals surface area contributed by atoms with Crippen molar-refractivity contribution >= 4 is 17.6 Å². The van der Waals surface area contributed by atoms with E-state index < -0.39 is 17.4 Å². The summed E-state index contributed by atoms with van der Waals surface area (Å²) in [4.78, 5) is 27.7. The lowest BCUT2D eigenvalue weighted by Gasteiger charge is -2.23. The molecule has 0 unspecified atom stereocenters. The van der Waals surface area contributed by atoms with Gasteiger partial charge in [0.05, 0.1) is 24.5 Å². The van der Waals surface area contributed by atoms with E-state index in [1.165, 1.54) is 5.56 Å². The van der Waals surface area contributed by atoms with E-state index in [1.807, 2.05) is 30.4 Å². The van der Waals surface area contributed by atoms with E-state index in [1.54, 1.807) is 17.9 Å². The second kappa shape index (κ2) is 6.84. The number of hydrogen-bond donors (Lipinski definition) is 1. The minimum Gasteiger partial charge on any atom is -0.360 e. The SMILES string of the molecule is Cc1cc(N2C[C@]34C=C[C@H](O3)[C@@H](C(=O)NCCCc3ccccc3)[C@H]4C2=O)no1. The van der Waals surface area contributed by atoms with Crippen LogP contribution in [0.3, 0.4) is 0 Å². The van der Waals surface area contributed by atoms with Crippen LogP contribution in [-0.2, 0) is 20.7 Å². The molecule has 3 aliphatic rings. The third-order valence-electron chi connectivity index (χ3n) is 6.08. The smallest absolute Gasteiger partial charge is 0.235 e. The number of fused-ring (bicyclic) bond motifs is 1. The van der Waals surface area contributed by atoms with E-state index in [9.17, 15) is 9.59 Å². The van der Waals surface area contributed by atoms with Crippen molar-refractivity contribution in [2.45, 2.75) is 31.5 Å². The van der Waals surface area contributed by atoms with Gasteiger partial charge in [0.15, 0.2) is 5.82 Å². The minimum atomic E-state index is -0.749. The van der Waals surface area contributed by atoms with Gasteiger partial charge in [-0.1, -0.05) is 47.6 Å². The van der Waals surface area contributed by atoms with Crippen molar-refractivity contribution in [2.24, 2.45) is 11.8 Å². The van der Waals surface area contributed by atoms with Gasteiger partial charge in [-0.2, -0.15) is 0 Å². The topological polar surface area (TPSA) is 84.7 Å². The molecule has 1 aromatic heterocycles. The van der Waals surface area contributed by atoms with E-state index in [0.717, 1.165) is 12.8 Å². The van der Waals surface area contributed by atoms with Gasteiger partial charge in [-0.25, -0.2) is 0 Å². The summed E-state index contributed by atoms with van der Waals surface area (Å²) in [6.07, 6.45) is 5.25. The number of benzene rings is 1. The zero-order valence-electron chi connectivity index (χ0n) is 16.2. The molecule has 2 aromatic rings. The van der Waals surface area contributed by atoms with Gasteiger partial charge >= 0.3 is 0 Å². The van der Waals surface area contributed by atoms with Crippen LogP contribution < -0.4 is 10.2 Å². The van der Waals surface area contributed by atoms with Gasteiger partial charge in [0.2, 0.25) is 11.8 Å². The molecule has 150 valence electrons. The monoisotopic (exact) mass is 393 g/mol. The third-order valence-corrected chi connectivity index (χ3v) is 6.08. The lowest BCUT2D eigenvalue weighted by Crippen LogP contribution is -2.44. The zero-order chi connectivity index (χ0) is 20.0. The van der Waals surface area contributed by atoms with Crippen molar-refractivity contribution in [3.05, 3.63) is 59.9 Å².